The predicted molar refractivity (Wildman–Crippen MR) is 82.1 cm³/mol. The monoisotopic (exact) mass is 288 g/mol. The van der Waals surface area contributed by atoms with E-state index in [0.717, 1.165) is 38.0 Å². The quantitative estimate of drug-likeness (QED) is 0.870. The highest BCUT2D eigenvalue weighted by atomic mass is 16.3. The van der Waals surface area contributed by atoms with Crippen LogP contribution in [0.2, 0.25) is 0 Å². The van der Waals surface area contributed by atoms with E-state index in [4.69, 9.17) is 0 Å². The number of carbonyl (C=O) groups excluding carboxylic acids is 1. The minimum absolute atomic E-state index is 0.230. The average Bonchev–Trinajstić information content (AvgIpc) is 3.33. The second-order valence-electron chi connectivity index (χ2n) is 6.33. The number of carbonyl (C=O) groups is 1. The molecule has 2 aliphatic rings. The largest absolute Gasteiger partial charge is 0.508 e. The van der Waals surface area contributed by atoms with Crippen LogP contribution in [0.25, 0.3) is 0 Å². The normalized spacial score (nSPS) is 22.0. The number of nitrogens with zero attached hydrogens (tertiary/aromatic N) is 1. The molecule has 21 heavy (non-hydrogen) atoms. The summed E-state index contributed by atoms with van der Waals surface area (Å²) in [4.78, 5) is 14.7. The first-order chi connectivity index (χ1) is 10.2. The molecule has 0 spiro atoms. The molecule has 114 valence electrons. The molecule has 4 heteroatoms. The van der Waals surface area contributed by atoms with Gasteiger partial charge in [-0.3, -0.25) is 4.79 Å². The Hall–Kier alpha value is -1.55. The van der Waals surface area contributed by atoms with Crippen LogP contribution in [0, 0.1) is 5.92 Å². The SMILES string of the molecule is O=C(Cc1ccc(O)cc1)N(CC1CCCNC1)C1CC1. The molecule has 3 rings (SSSR count). The van der Waals surface area contributed by atoms with E-state index >= 15 is 0 Å². The van der Waals surface area contributed by atoms with E-state index in [1.807, 2.05) is 12.1 Å². The molecule has 1 aliphatic heterocycles. The van der Waals surface area contributed by atoms with Crippen molar-refractivity contribution in [2.75, 3.05) is 19.6 Å². The minimum atomic E-state index is 0.230. The Morgan fingerprint density at radius 2 is 2.00 bits per heavy atom. The van der Waals surface area contributed by atoms with Gasteiger partial charge < -0.3 is 15.3 Å². The van der Waals surface area contributed by atoms with Gasteiger partial charge in [0.05, 0.1) is 6.42 Å². The molecule has 1 amide bonds. The van der Waals surface area contributed by atoms with Crippen LogP contribution in [0.1, 0.15) is 31.2 Å². The first kappa shape index (κ1) is 14.4. The maximum Gasteiger partial charge on any atom is 0.227 e. The van der Waals surface area contributed by atoms with Crippen LogP contribution in [0.4, 0.5) is 0 Å². The van der Waals surface area contributed by atoms with E-state index in [2.05, 4.69) is 10.2 Å². The van der Waals surface area contributed by atoms with Gasteiger partial charge in [0.2, 0.25) is 5.91 Å². The van der Waals surface area contributed by atoms with Crippen molar-refractivity contribution in [2.45, 2.75) is 38.1 Å². The molecule has 1 atom stereocenters. The fourth-order valence-electron chi connectivity index (χ4n) is 3.09. The van der Waals surface area contributed by atoms with Gasteiger partial charge in [0.1, 0.15) is 5.75 Å². The topological polar surface area (TPSA) is 52.6 Å². The van der Waals surface area contributed by atoms with Gasteiger partial charge in [0.25, 0.3) is 0 Å². The van der Waals surface area contributed by atoms with Crippen molar-refractivity contribution in [2.24, 2.45) is 5.92 Å². The van der Waals surface area contributed by atoms with Crippen LogP contribution >= 0.6 is 0 Å². The van der Waals surface area contributed by atoms with Gasteiger partial charge in [0.15, 0.2) is 0 Å². The highest BCUT2D eigenvalue weighted by Gasteiger charge is 2.34. The van der Waals surface area contributed by atoms with E-state index in [1.54, 1.807) is 12.1 Å². The van der Waals surface area contributed by atoms with Crippen LogP contribution in [0.3, 0.4) is 0 Å². The number of piperidine rings is 1. The van der Waals surface area contributed by atoms with E-state index in [9.17, 15) is 9.90 Å². The zero-order chi connectivity index (χ0) is 14.7. The molecule has 1 saturated carbocycles. The summed E-state index contributed by atoms with van der Waals surface area (Å²) in [5, 5.41) is 12.7. The van der Waals surface area contributed by atoms with Gasteiger partial charge >= 0.3 is 0 Å². The van der Waals surface area contributed by atoms with Gasteiger partial charge in [-0.2, -0.15) is 0 Å². The lowest BCUT2D eigenvalue weighted by atomic mass is 9.98. The summed E-state index contributed by atoms with van der Waals surface area (Å²) in [6.07, 6.45) is 5.19. The molecule has 0 aromatic heterocycles. The van der Waals surface area contributed by atoms with Crippen molar-refractivity contribution in [3.05, 3.63) is 29.8 Å². The number of phenolic OH excluding ortho intramolecular Hbond substituents is 1. The lowest BCUT2D eigenvalue weighted by Crippen LogP contribution is -2.42. The van der Waals surface area contributed by atoms with Crippen molar-refractivity contribution in [3.63, 3.8) is 0 Å². The first-order valence-corrected chi connectivity index (χ1v) is 8.00. The summed E-state index contributed by atoms with van der Waals surface area (Å²) in [7, 11) is 0. The molecule has 2 fully saturated rings. The Morgan fingerprint density at radius 3 is 2.62 bits per heavy atom. The molecule has 4 nitrogen and oxygen atoms in total. The second-order valence-corrected chi connectivity index (χ2v) is 6.33. The van der Waals surface area contributed by atoms with Gasteiger partial charge in [0, 0.05) is 12.6 Å². The van der Waals surface area contributed by atoms with Gasteiger partial charge in [-0.1, -0.05) is 12.1 Å². The number of hydrogen-bond acceptors (Lipinski definition) is 3. The third-order valence-corrected chi connectivity index (χ3v) is 4.45. The zero-order valence-electron chi connectivity index (χ0n) is 12.4. The molecule has 0 bridgehead atoms. The van der Waals surface area contributed by atoms with E-state index in [1.165, 1.54) is 12.8 Å². The number of benzene rings is 1. The second kappa shape index (κ2) is 6.48. The number of phenols is 1. The molecule has 1 aromatic rings. The predicted octanol–water partition coefficient (Wildman–Crippen LogP) is 1.93. The summed E-state index contributed by atoms with van der Waals surface area (Å²) >= 11 is 0. The zero-order valence-corrected chi connectivity index (χ0v) is 12.4. The summed E-state index contributed by atoms with van der Waals surface area (Å²) in [6, 6.07) is 7.43. The van der Waals surface area contributed by atoms with Gasteiger partial charge in [-0.15, -0.1) is 0 Å². The van der Waals surface area contributed by atoms with E-state index < -0.39 is 0 Å². The average molecular weight is 288 g/mol. The summed E-state index contributed by atoms with van der Waals surface area (Å²) < 4.78 is 0. The molecular weight excluding hydrogens is 264 g/mol. The Morgan fingerprint density at radius 1 is 1.24 bits per heavy atom. The minimum Gasteiger partial charge on any atom is -0.508 e. The highest BCUT2D eigenvalue weighted by molar-refractivity contribution is 5.79. The molecule has 1 heterocycles. The third-order valence-electron chi connectivity index (χ3n) is 4.45. The Kier molecular flexibility index (Phi) is 4.44. The van der Waals surface area contributed by atoms with E-state index in [0.29, 0.717) is 18.4 Å². The Bertz CT molecular complexity index is 476. The summed E-state index contributed by atoms with van der Waals surface area (Å²) in [6.45, 7) is 3.05. The smallest absolute Gasteiger partial charge is 0.227 e. The molecule has 1 unspecified atom stereocenters. The van der Waals surface area contributed by atoms with E-state index in [-0.39, 0.29) is 11.7 Å². The highest BCUT2D eigenvalue weighted by Crippen LogP contribution is 2.29. The fourth-order valence-corrected chi connectivity index (χ4v) is 3.09. The Labute approximate surface area is 126 Å². The number of nitrogens with one attached hydrogen (secondary N) is 1. The van der Waals surface area contributed by atoms with Crippen LogP contribution in [0.5, 0.6) is 5.75 Å². The van der Waals surface area contributed by atoms with Gasteiger partial charge in [-0.25, -0.2) is 0 Å². The van der Waals surface area contributed by atoms with Crippen molar-refractivity contribution in [1.82, 2.24) is 10.2 Å². The van der Waals surface area contributed by atoms with Crippen LogP contribution in [0.15, 0.2) is 24.3 Å². The number of hydrogen-bond donors (Lipinski definition) is 2. The lowest BCUT2D eigenvalue weighted by Gasteiger charge is -2.30. The lowest BCUT2D eigenvalue weighted by molar-refractivity contribution is -0.131. The molecule has 0 radical (unpaired) electrons. The van der Waals surface area contributed by atoms with Crippen molar-refractivity contribution in [3.8, 4) is 5.75 Å². The summed E-state index contributed by atoms with van der Waals surface area (Å²) in [5.74, 6) is 1.08. The van der Waals surface area contributed by atoms with Crippen LogP contribution in [-0.4, -0.2) is 41.6 Å². The standard InChI is InChI=1S/C17H24N2O2/c20-16-7-3-13(4-8-16)10-17(21)19(15-5-6-15)12-14-2-1-9-18-11-14/h3-4,7-8,14-15,18,20H,1-2,5-6,9-12H2. The maximum atomic E-state index is 12.6. The van der Waals surface area contributed by atoms with Crippen LogP contribution in [-0.2, 0) is 11.2 Å². The molecule has 1 aliphatic carbocycles. The van der Waals surface area contributed by atoms with Crippen molar-refractivity contribution >= 4 is 5.91 Å². The maximum absolute atomic E-state index is 12.6. The number of amides is 1. The number of aromatic hydroxyl groups is 1. The fraction of sp³-hybridized carbons (Fsp3) is 0.588. The van der Waals surface area contributed by atoms with Gasteiger partial charge in [-0.05, 0) is 62.4 Å². The first-order valence-electron chi connectivity index (χ1n) is 8.00. The van der Waals surface area contributed by atoms with Crippen molar-refractivity contribution < 1.29 is 9.90 Å². The third kappa shape index (κ3) is 3.97. The number of rotatable bonds is 5. The van der Waals surface area contributed by atoms with Crippen molar-refractivity contribution in [1.29, 1.82) is 0 Å². The molecule has 1 aromatic carbocycles. The Balaban J connectivity index is 1.60. The molecule has 1 saturated heterocycles. The van der Waals surface area contributed by atoms with Crippen LogP contribution < -0.4 is 5.32 Å². The molecular formula is C17H24N2O2. The molecule has 2 N–H and O–H groups in total. The summed E-state index contributed by atoms with van der Waals surface area (Å²) in [5.41, 5.74) is 0.977.